The predicted octanol–water partition coefficient (Wildman–Crippen LogP) is 2.49. The van der Waals surface area contributed by atoms with Crippen molar-refractivity contribution in [3.63, 3.8) is 0 Å². The van der Waals surface area contributed by atoms with Crippen LogP contribution in [0.1, 0.15) is 51.9 Å². The molecule has 0 bridgehead atoms. The Balaban J connectivity index is 1.83. The minimum absolute atomic E-state index is 0.165. The minimum Gasteiger partial charge on any atom is -0.381 e. The van der Waals surface area contributed by atoms with Gasteiger partial charge >= 0.3 is 0 Å². The first-order chi connectivity index (χ1) is 8.28. The number of hydrogen-bond donors (Lipinski definition) is 1. The van der Waals surface area contributed by atoms with Gasteiger partial charge in [-0.15, -0.1) is 0 Å². The second-order valence-corrected chi connectivity index (χ2v) is 5.61. The molecular formula is C14H27NO2. The minimum atomic E-state index is 0.165. The fraction of sp³-hybridized carbons (Fsp3) is 1.00. The van der Waals surface area contributed by atoms with E-state index in [0.717, 1.165) is 26.0 Å². The standard InChI is InChI=1S/C14H27NO2/c1-3-9-15-12-6-10-17-14(11-12)7-4-13(16-2)5-8-14/h12-13,15H,3-11H2,1-2H3. The molecule has 1 spiro atoms. The smallest absolute Gasteiger partial charge is 0.0699 e. The summed E-state index contributed by atoms with van der Waals surface area (Å²) in [5.74, 6) is 0. The summed E-state index contributed by atoms with van der Waals surface area (Å²) in [5.41, 5.74) is 0.165. The van der Waals surface area contributed by atoms with Gasteiger partial charge in [-0.05, 0) is 51.5 Å². The Hall–Kier alpha value is -0.120. The van der Waals surface area contributed by atoms with Crippen LogP contribution in [-0.4, -0.2) is 38.0 Å². The lowest BCUT2D eigenvalue weighted by Crippen LogP contribution is -2.49. The van der Waals surface area contributed by atoms with Crippen molar-refractivity contribution in [1.82, 2.24) is 5.32 Å². The molecule has 0 radical (unpaired) electrons. The van der Waals surface area contributed by atoms with Gasteiger partial charge in [0.15, 0.2) is 0 Å². The molecule has 0 aromatic carbocycles. The Morgan fingerprint density at radius 3 is 2.71 bits per heavy atom. The highest BCUT2D eigenvalue weighted by Gasteiger charge is 2.40. The molecule has 0 amide bonds. The monoisotopic (exact) mass is 241 g/mol. The molecule has 2 fully saturated rings. The maximum absolute atomic E-state index is 6.11. The van der Waals surface area contributed by atoms with Gasteiger partial charge in [0.1, 0.15) is 0 Å². The molecule has 3 nitrogen and oxygen atoms in total. The molecule has 1 saturated heterocycles. The van der Waals surface area contributed by atoms with Crippen LogP contribution in [0.4, 0.5) is 0 Å². The molecule has 100 valence electrons. The average Bonchev–Trinajstić information content (AvgIpc) is 2.38. The van der Waals surface area contributed by atoms with Crippen LogP contribution >= 0.6 is 0 Å². The van der Waals surface area contributed by atoms with E-state index in [4.69, 9.17) is 9.47 Å². The van der Waals surface area contributed by atoms with E-state index in [-0.39, 0.29) is 5.60 Å². The summed E-state index contributed by atoms with van der Waals surface area (Å²) in [6.07, 6.45) is 8.74. The first kappa shape index (κ1) is 13.3. The topological polar surface area (TPSA) is 30.5 Å². The van der Waals surface area contributed by atoms with Crippen molar-refractivity contribution in [2.45, 2.75) is 69.6 Å². The van der Waals surface area contributed by atoms with Crippen molar-refractivity contribution < 1.29 is 9.47 Å². The summed E-state index contributed by atoms with van der Waals surface area (Å²) in [4.78, 5) is 0. The van der Waals surface area contributed by atoms with Crippen molar-refractivity contribution in [2.24, 2.45) is 0 Å². The molecule has 17 heavy (non-hydrogen) atoms. The van der Waals surface area contributed by atoms with E-state index in [2.05, 4.69) is 12.2 Å². The van der Waals surface area contributed by atoms with Crippen LogP contribution < -0.4 is 5.32 Å². The van der Waals surface area contributed by atoms with Gasteiger partial charge in [0.05, 0.1) is 11.7 Å². The summed E-state index contributed by atoms with van der Waals surface area (Å²) < 4.78 is 11.6. The van der Waals surface area contributed by atoms with Gasteiger partial charge in [-0.2, -0.15) is 0 Å². The molecule has 2 rings (SSSR count). The van der Waals surface area contributed by atoms with Gasteiger partial charge in [-0.3, -0.25) is 0 Å². The van der Waals surface area contributed by atoms with E-state index in [9.17, 15) is 0 Å². The molecule has 2 aliphatic rings. The van der Waals surface area contributed by atoms with Crippen molar-refractivity contribution in [3.05, 3.63) is 0 Å². The Kier molecular flexibility index (Phi) is 4.83. The average molecular weight is 241 g/mol. The summed E-state index contributed by atoms with van der Waals surface area (Å²) in [6.45, 7) is 4.30. The maximum atomic E-state index is 6.11. The van der Waals surface area contributed by atoms with Gasteiger partial charge in [-0.25, -0.2) is 0 Å². The second kappa shape index (κ2) is 6.17. The molecule has 1 aliphatic heterocycles. The van der Waals surface area contributed by atoms with Crippen molar-refractivity contribution >= 4 is 0 Å². The summed E-state index contributed by atoms with van der Waals surface area (Å²) in [6, 6.07) is 0.669. The van der Waals surface area contributed by atoms with Gasteiger partial charge in [-0.1, -0.05) is 6.92 Å². The van der Waals surface area contributed by atoms with E-state index >= 15 is 0 Å². The van der Waals surface area contributed by atoms with Crippen LogP contribution in [-0.2, 0) is 9.47 Å². The summed E-state index contributed by atoms with van der Waals surface area (Å²) in [7, 11) is 1.83. The van der Waals surface area contributed by atoms with Crippen molar-refractivity contribution in [2.75, 3.05) is 20.3 Å². The van der Waals surface area contributed by atoms with Crippen molar-refractivity contribution in [1.29, 1.82) is 0 Å². The Bertz CT molecular complexity index is 224. The van der Waals surface area contributed by atoms with E-state index in [1.165, 1.54) is 32.1 Å². The zero-order valence-corrected chi connectivity index (χ0v) is 11.3. The molecule has 1 aliphatic carbocycles. The molecule has 1 unspecified atom stereocenters. The van der Waals surface area contributed by atoms with E-state index in [1.807, 2.05) is 7.11 Å². The van der Waals surface area contributed by atoms with Crippen LogP contribution in [0.25, 0.3) is 0 Å². The SMILES string of the molecule is CCCNC1CCOC2(CCC(OC)CC2)C1. The zero-order valence-electron chi connectivity index (χ0n) is 11.3. The second-order valence-electron chi connectivity index (χ2n) is 5.61. The molecule has 1 atom stereocenters. The Morgan fingerprint density at radius 2 is 2.06 bits per heavy atom. The lowest BCUT2D eigenvalue weighted by molar-refractivity contribution is -0.126. The van der Waals surface area contributed by atoms with Crippen molar-refractivity contribution in [3.8, 4) is 0 Å². The highest BCUT2D eigenvalue weighted by Crippen LogP contribution is 2.39. The third kappa shape index (κ3) is 3.43. The van der Waals surface area contributed by atoms with E-state index in [0.29, 0.717) is 12.1 Å². The first-order valence-electron chi connectivity index (χ1n) is 7.18. The molecule has 1 N–H and O–H groups in total. The summed E-state index contributed by atoms with van der Waals surface area (Å²) in [5, 5.41) is 3.66. The Labute approximate surface area is 105 Å². The lowest BCUT2D eigenvalue weighted by atomic mass is 9.77. The quantitative estimate of drug-likeness (QED) is 0.820. The fourth-order valence-corrected chi connectivity index (χ4v) is 3.25. The van der Waals surface area contributed by atoms with E-state index < -0.39 is 0 Å². The third-order valence-corrected chi connectivity index (χ3v) is 4.35. The molecule has 3 heteroatoms. The molecule has 1 heterocycles. The number of hydrogen-bond acceptors (Lipinski definition) is 3. The van der Waals surface area contributed by atoms with E-state index in [1.54, 1.807) is 0 Å². The molecule has 0 aromatic rings. The highest BCUT2D eigenvalue weighted by atomic mass is 16.5. The van der Waals surface area contributed by atoms with Gasteiger partial charge < -0.3 is 14.8 Å². The normalized spacial score (nSPS) is 38.5. The van der Waals surface area contributed by atoms with Gasteiger partial charge in [0.2, 0.25) is 0 Å². The number of nitrogens with one attached hydrogen (secondary N) is 1. The molecule has 1 saturated carbocycles. The molecular weight excluding hydrogens is 214 g/mol. The van der Waals surface area contributed by atoms with Crippen LogP contribution in [0, 0.1) is 0 Å². The highest BCUT2D eigenvalue weighted by molar-refractivity contribution is 4.93. The third-order valence-electron chi connectivity index (χ3n) is 4.35. The first-order valence-corrected chi connectivity index (χ1v) is 7.18. The van der Waals surface area contributed by atoms with Crippen LogP contribution in [0.15, 0.2) is 0 Å². The predicted molar refractivity (Wildman–Crippen MR) is 69.3 cm³/mol. The number of methoxy groups -OCH3 is 1. The maximum Gasteiger partial charge on any atom is 0.0699 e. The lowest BCUT2D eigenvalue weighted by Gasteiger charge is -2.45. The number of ether oxygens (including phenoxy) is 2. The summed E-state index contributed by atoms with van der Waals surface area (Å²) >= 11 is 0. The van der Waals surface area contributed by atoms with Crippen LogP contribution in [0.2, 0.25) is 0 Å². The van der Waals surface area contributed by atoms with Crippen LogP contribution in [0.3, 0.4) is 0 Å². The van der Waals surface area contributed by atoms with Crippen LogP contribution in [0.5, 0.6) is 0 Å². The Morgan fingerprint density at radius 1 is 1.29 bits per heavy atom. The molecule has 0 aromatic heterocycles. The van der Waals surface area contributed by atoms with Gasteiger partial charge in [0, 0.05) is 19.8 Å². The zero-order chi connectivity index (χ0) is 12.1. The largest absolute Gasteiger partial charge is 0.381 e. The fourth-order valence-electron chi connectivity index (χ4n) is 3.25. The van der Waals surface area contributed by atoms with Gasteiger partial charge in [0.25, 0.3) is 0 Å². The number of rotatable bonds is 4.